The molecule has 0 unspecified atom stereocenters. The Morgan fingerprint density at radius 2 is 1.80 bits per heavy atom. The number of fused-ring (bicyclic) bond motifs is 1. The molecule has 0 aliphatic heterocycles. The van der Waals surface area contributed by atoms with Crippen LogP contribution in [0.4, 0.5) is 4.39 Å². The van der Waals surface area contributed by atoms with Gasteiger partial charge in [0.1, 0.15) is 5.82 Å². The number of benzene rings is 2. The van der Waals surface area contributed by atoms with Gasteiger partial charge in [0.15, 0.2) is 11.6 Å². The van der Waals surface area contributed by atoms with Gasteiger partial charge in [-0.15, -0.1) is 0 Å². The highest BCUT2D eigenvalue weighted by atomic mass is 19.1. The Balaban J connectivity index is 1.76. The molecule has 0 spiro atoms. The molecule has 1 fully saturated rings. The first-order valence-corrected chi connectivity index (χ1v) is 11.5. The fraction of sp³-hybridized carbons (Fsp3) is 0.333. The summed E-state index contributed by atoms with van der Waals surface area (Å²) in [5.74, 6) is -6.39. The van der Waals surface area contributed by atoms with Crippen LogP contribution < -0.4 is 0 Å². The molecule has 1 saturated carbocycles. The normalized spacial score (nSPS) is 14.6. The van der Waals surface area contributed by atoms with Crippen LogP contribution in [0.3, 0.4) is 0 Å². The van der Waals surface area contributed by atoms with Crippen LogP contribution in [0.15, 0.2) is 54.6 Å². The maximum absolute atomic E-state index is 13.7. The number of hydrogen-bond acceptors (Lipinski definition) is 7. The fourth-order valence-corrected chi connectivity index (χ4v) is 4.21. The molecule has 0 radical (unpaired) electrons. The van der Waals surface area contributed by atoms with Crippen molar-refractivity contribution < 1.29 is 34.3 Å². The summed E-state index contributed by atoms with van der Waals surface area (Å²) in [5.41, 5.74) is 3.67. The van der Waals surface area contributed by atoms with Crippen LogP contribution in [0.5, 0.6) is 0 Å². The lowest BCUT2D eigenvalue weighted by Gasteiger charge is -2.27. The van der Waals surface area contributed by atoms with Gasteiger partial charge in [0.25, 0.3) is 0 Å². The van der Waals surface area contributed by atoms with E-state index in [0.29, 0.717) is 5.56 Å². The van der Waals surface area contributed by atoms with Gasteiger partial charge in [-0.1, -0.05) is 36.4 Å². The summed E-state index contributed by atoms with van der Waals surface area (Å²) < 4.78 is 18.4. The number of aromatic nitrogens is 1. The average Bonchev–Trinajstić information content (AvgIpc) is 3.62. The van der Waals surface area contributed by atoms with E-state index in [1.807, 2.05) is 24.3 Å². The molecule has 8 heteroatoms. The number of ether oxygens (including phenoxy) is 1. The van der Waals surface area contributed by atoms with E-state index in [1.54, 1.807) is 19.1 Å². The lowest BCUT2D eigenvalue weighted by Crippen LogP contribution is -2.42. The Morgan fingerprint density at radius 1 is 1.11 bits per heavy atom. The Kier molecular flexibility index (Phi) is 7.00. The van der Waals surface area contributed by atoms with Gasteiger partial charge in [0, 0.05) is 22.4 Å². The zero-order chi connectivity index (χ0) is 25.2. The smallest absolute Gasteiger partial charge is 0.311 e. The van der Waals surface area contributed by atoms with Crippen molar-refractivity contribution in [3.8, 4) is 11.1 Å². The van der Waals surface area contributed by atoms with E-state index < -0.39 is 30.4 Å². The van der Waals surface area contributed by atoms with E-state index in [2.05, 4.69) is 0 Å². The average molecular weight is 482 g/mol. The zero-order valence-corrected chi connectivity index (χ0v) is 19.3. The molecule has 1 aliphatic carbocycles. The van der Waals surface area contributed by atoms with Crippen molar-refractivity contribution in [3.63, 3.8) is 0 Å². The summed E-state index contributed by atoms with van der Waals surface area (Å²) in [6.07, 6.45) is 2.66. The van der Waals surface area contributed by atoms with E-state index in [0.717, 1.165) is 46.6 Å². The number of pyridine rings is 1. The summed E-state index contributed by atoms with van der Waals surface area (Å²) in [5, 5.41) is 42.2. The second-order valence-corrected chi connectivity index (χ2v) is 8.94. The van der Waals surface area contributed by atoms with E-state index >= 15 is 0 Å². The van der Waals surface area contributed by atoms with Crippen LogP contribution in [0.1, 0.15) is 49.8 Å². The van der Waals surface area contributed by atoms with Crippen LogP contribution in [0.25, 0.3) is 28.1 Å². The summed E-state index contributed by atoms with van der Waals surface area (Å²) in [7, 11) is 0. The molecule has 2 aromatic carbocycles. The van der Waals surface area contributed by atoms with Crippen molar-refractivity contribution in [1.29, 1.82) is 0 Å². The summed E-state index contributed by atoms with van der Waals surface area (Å²) >= 11 is 0. The number of hydrogen-bond donors (Lipinski definition) is 4. The van der Waals surface area contributed by atoms with Gasteiger partial charge in [0.05, 0.1) is 30.7 Å². The Morgan fingerprint density at radius 3 is 2.46 bits per heavy atom. The number of halogens is 1. The lowest BCUT2D eigenvalue weighted by atomic mass is 9.91. The highest BCUT2D eigenvalue weighted by Crippen LogP contribution is 2.45. The van der Waals surface area contributed by atoms with Crippen LogP contribution in [-0.4, -0.2) is 49.6 Å². The highest BCUT2D eigenvalue weighted by molar-refractivity contribution is 5.99. The maximum atomic E-state index is 13.7. The second-order valence-electron chi connectivity index (χ2n) is 8.94. The monoisotopic (exact) mass is 481 g/mol. The van der Waals surface area contributed by atoms with Crippen LogP contribution in [-0.2, 0) is 9.53 Å². The van der Waals surface area contributed by atoms with Crippen LogP contribution >= 0.6 is 0 Å². The van der Waals surface area contributed by atoms with E-state index in [-0.39, 0.29) is 18.3 Å². The van der Waals surface area contributed by atoms with E-state index in [9.17, 15) is 29.6 Å². The lowest BCUT2D eigenvalue weighted by molar-refractivity contribution is -0.239. The summed E-state index contributed by atoms with van der Waals surface area (Å²) in [4.78, 5) is 16.5. The van der Waals surface area contributed by atoms with Crippen molar-refractivity contribution in [2.45, 2.75) is 50.1 Å². The van der Waals surface area contributed by atoms with Gasteiger partial charge in [0.2, 0.25) is 0 Å². The van der Waals surface area contributed by atoms with Gasteiger partial charge < -0.3 is 25.2 Å². The third-order valence-electron chi connectivity index (χ3n) is 5.85. The fourth-order valence-electron chi connectivity index (χ4n) is 4.21. The van der Waals surface area contributed by atoms with Gasteiger partial charge in [-0.3, -0.25) is 9.78 Å². The number of carbonyl (C=O) groups excluding carboxylic acids is 1. The van der Waals surface area contributed by atoms with Gasteiger partial charge >= 0.3 is 5.97 Å². The van der Waals surface area contributed by atoms with Crippen molar-refractivity contribution in [1.82, 2.24) is 4.98 Å². The van der Waals surface area contributed by atoms with Crippen LogP contribution in [0.2, 0.25) is 0 Å². The summed E-state index contributed by atoms with van der Waals surface area (Å²) in [6, 6.07) is 13.6. The minimum absolute atomic E-state index is 0.0588. The molecule has 7 nitrogen and oxygen atoms in total. The first-order chi connectivity index (χ1) is 16.6. The minimum Gasteiger partial charge on any atom is -0.466 e. The molecule has 0 atom stereocenters. The Bertz CT molecular complexity index is 1250. The standard InChI is InChI=1S/C27H28FNO6/c1-2-35-23(30)15-27(33,34)16-26(31,32)14-13-21-24(17-9-11-19(28)12-10-17)20-5-3-4-6-22(20)29-25(21)18-7-8-18/h3-6,9-14,18,31-34H,2,7-8,15-16H2,1H3/b14-13+. The zero-order valence-electron chi connectivity index (χ0n) is 19.3. The molecule has 0 amide bonds. The number of carbonyl (C=O) groups is 1. The van der Waals surface area contributed by atoms with Crippen molar-refractivity contribution in [2.75, 3.05) is 6.61 Å². The van der Waals surface area contributed by atoms with Crippen molar-refractivity contribution >= 4 is 22.9 Å². The highest BCUT2D eigenvalue weighted by Gasteiger charge is 2.37. The molecule has 1 heterocycles. The van der Waals surface area contributed by atoms with Gasteiger partial charge in [-0.2, -0.15) is 0 Å². The largest absolute Gasteiger partial charge is 0.466 e. The number of para-hydroxylation sites is 1. The third-order valence-corrected chi connectivity index (χ3v) is 5.85. The number of nitrogens with zero attached hydrogens (tertiary/aromatic N) is 1. The quantitative estimate of drug-likeness (QED) is 0.272. The maximum Gasteiger partial charge on any atom is 0.311 e. The molecule has 184 valence electrons. The van der Waals surface area contributed by atoms with Crippen molar-refractivity contribution in [3.05, 3.63) is 71.7 Å². The predicted octanol–water partition coefficient (Wildman–Crippen LogP) is 3.64. The molecule has 35 heavy (non-hydrogen) atoms. The first kappa shape index (κ1) is 24.9. The van der Waals surface area contributed by atoms with E-state index in [4.69, 9.17) is 9.72 Å². The SMILES string of the molecule is CCOC(=O)CC(O)(O)CC(O)(O)/C=C/c1c(C2CC2)nc2ccccc2c1-c1ccc(F)cc1. The Labute approximate surface area is 202 Å². The molecule has 4 N–H and O–H groups in total. The molecule has 3 aromatic rings. The third kappa shape index (κ3) is 6.10. The topological polar surface area (TPSA) is 120 Å². The first-order valence-electron chi connectivity index (χ1n) is 11.5. The second kappa shape index (κ2) is 9.83. The van der Waals surface area contributed by atoms with Gasteiger partial charge in [-0.25, -0.2) is 4.39 Å². The molecule has 1 aliphatic rings. The summed E-state index contributed by atoms with van der Waals surface area (Å²) in [6.45, 7) is 1.64. The number of rotatable bonds is 9. The molecule has 1 aromatic heterocycles. The van der Waals surface area contributed by atoms with Gasteiger partial charge in [-0.05, 0) is 49.6 Å². The number of aliphatic hydroxyl groups is 4. The molecular formula is C27H28FNO6. The van der Waals surface area contributed by atoms with Crippen LogP contribution in [0, 0.1) is 5.82 Å². The van der Waals surface area contributed by atoms with Crippen molar-refractivity contribution in [2.24, 2.45) is 0 Å². The minimum atomic E-state index is -2.69. The molecule has 0 saturated heterocycles. The Hall–Kier alpha value is -3.17. The van der Waals surface area contributed by atoms with E-state index in [1.165, 1.54) is 18.2 Å². The predicted molar refractivity (Wildman–Crippen MR) is 128 cm³/mol. The molecule has 0 bridgehead atoms. The number of esters is 1. The molecule has 4 rings (SSSR count). The molecular weight excluding hydrogens is 453 g/mol.